The summed E-state index contributed by atoms with van der Waals surface area (Å²) in [6.45, 7) is -0.0320. The van der Waals surface area contributed by atoms with Gasteiger partial charge in [0.05, 0.1) is 19.3 Å². The lowest BCUT2D eigenvalue weighted by Crippen LogP contribution is -2.60. The largest absolute Gasteiger partial charge is 0.480 e. The molecule has 0 radical (unpaired) electrons. The van der Waals surface area contributed by atoms with E-state index in [1.54, 1.807) is 0 Å². The minimum Gasteiger partial charge on any atom is -0.480 e. The first kappa shape index (κ1) is 22.8. The third kappa shape index (κ3) is 5.85. The molecular weight excluding hydrogens is 364 g/mol. The van der Waals surface area contributed by atoms with E-state index in [4.69, 9.17) is 21.1 Å². The Labute approximate surface area is 155 Å². The van der Waals surface area contributed by atoms with Crippen molar-refractivity contribution in [2.24, 2.45) is 5.73 Å². The highest BCUT2D eigenvalue weighted by Gasteiger charge is 2.40. The van der Waals surface area contributed by atoms with Crippen LogP contribution in [0.1, 0.15) is 19.8 Å². The normalized spacial score (nSPS) is 21.1. The fourth-order valence-electron chi connectivity index (χ4n) is 2.67. The maximum absolute atomic E-state index is 12.7. The smallest absolute Gasteiger partial charge is 0.328 e. The maximum atomic E-state index is 12.7. The lowest BCUT2D eigenvalue weighted by atomic mass is 10.1. The molecule has 0 aromatic rings. The van der Waals surface area contributed by atoms with E-state index in [0.717, 1.165) is 4.90 Å². The van der Waals surface area contributed by atoms with Crippen LogP contribution in [0.4, 0.5) is 0 Å². The quantitative estimate of drug-likeness (QED) is 0.203. The van der Waals surface area contributed by atoms with Crippen LogP contribution in [0.25, 0.3) is 0 Å². The number of rotatable bonds is 9. The number of carboxylic acids is 1. The van der Waals surface area contributed by atoms with E-state index >= 15 is 0 Å². The molecule has 0 aromatic carbocycles. The van der Waals surface area contributed by atoms with E-state index in [1.807, 2.05) is 0 Å². The summed E-state index contributed by atoms with van der Waals surface area (Å²) in [5.41, 5.74) is 5.38. The van der Waals surface area contributed by atoms with Crippen molar-refractivity contribution in [2.45, 2.75) is 50.0 Å². The van der Waals surface area contributed by atoms with Gasteiger partial charge in [-0.05, 0) is 19.8 Å². The van der Waals surface area contributed by atoms with Gasteiger partial charge < -0.3 is 41.7 Å². The molecule has 0 aliphatic carbocycles. The second kappa shape index (κ2) is 10.2. The Kier molecular flexibility index (Phi) is 8.56. The zero-order chi connectivity index (χ0) is 20.7. The number of aliphatic carboxylic acids is 1. The Morgan fingerprint density at radius 1 is 1.19 bits per heavy atom. The van der Waals surface area contributed by atoms with Crippen molar-refractivity contribution in [1.29, 1.82) is 0 Å². The zero-order valence-electron chi connectivity index (χ0n) is 14.9. The Morgan fingerprint density at radius 2 is 1.81 bits per heavy atom. The predicted octanol–water partition coefficient (Wildman–Crippen LogP) is -4.28. The van der Waals surface area contributed by atoms with Crippen molar-refractivity contribution in [3.05, 3.63) is 0 Å². The van der Waals surface area contributed by atoms with Gasteiger partial charge in [-0.15, -0.1) is 0 Å². The summed E-state index contributed by atoms with van der Waals surface area (Å²) < 4.78 is 0. The molecule has 12 heteroatoms. The second-order valence-electron chi connectivity index (χ2n) is 6.29. The van der Waals surface area contributed by atoms with Gasteiger partial charge in [0.15, 0.2) is 0 Å². The molecule has 5 unspecified atom stereocenters. The first-order valence-electron chi connectivity index (χ1n) is 8.43. The Bertz CT molecular complexity index is 570. The number of amides is 3. The molecule has 0 saturated carbocycles. The zero-order valence-corrected chi connectivity index (χ0v) is 14.9. The molecule has 1 saturated heterocycles. The summed E-state index contributed by atoms with van der Waals surface area (Å²) in [7, 11) is 0. The highest BCUT2D eigenvalue weighted by Crippen LogP contribution is 2.19. The molecule has 154 valence electrons. The number of aliphatic hydroxyl groups is 3. The summed E-state index contributed by atoms with van der Waals surface area (Å²) in [4.78, 5) is 49.0. The maximum Gasteiger partial charge on any atom is 0.328 e. The van der Waals surface area contributed by atoms with Crippen LogP contribution in [0, 0.1) is 0 Å². The number of carbonyl (C=O) groups is 4. The SMILES string of the molecule is CC(O)C(NC(=O)C(N)CO)C(=O)N1CCCC1C(=O)NC(CO)C(=O)O. The molecule has 0 spiro atoms. The number of likely N-dealkylation sites (tertiary alicyclic amines) is 1. The fourth-order valence-corrected chi connectivity index (χ4v) is 2.67. The molecule has 3 amide bonds. The van der Waals surface area contributed by atoms with Crippen LogP contribution < -0.4 is 16.4 Å². The summed E-state index contributed by atoms with van der Waals surface area (Å²) in [5.74, 6) is -3.76. The summed E-state index contributed by atoms with van der Waals surface area (Å²) >= 11 is 0. The van der Waals surface area contributed by atoms with Crippen molar-refractivity contribution in [3.63, 3.8) is 0 Å². The van der Waals surface area contributed by atoms with Crippen LogP contribution in [0.5, 0.6) is 0 Å². The third-order valence-corrected chi connectivity index (χ3v) is 4.22. The summed E-state index contributed by atoms with van der Waals surface area (Å²) in [6.07, 6.45) is -0.593. The molecule has 1 rings (SSSR count). The van der Waals surface area contributed by atoms with Crippen LogP contribution in [0.3, 0.4) is 0 Å². The molecule has 12 nitrogen and oxygen atoms in total. The first-order chi connectivity index (χ1) is 12.6. The molecule has 1 heterocycles. The molecule has 8 N–H and O–H groups in total. The van der Waals surface area contributed by atoms with Crippen molar-refractivity contribution >= 4 is 23.7 Å². The molecule has 1 fully saturated rings. The predicted molar refractivity (Wildman–Crippen MR) is 90.1 cm³/mol. The number of aliphatic hydroxyl groups excluding tert-OH is 3. The van der Waals surface area contributed by atoms with Gasteiger partial charge in [-0.1, -0.05) is 0 Å². The van der Waals surface area contributed by atoms with Crippen molar-refractivity contribution in [2.75, 3.05) is 19.8 Å². The van der Waals surface area contributed by atoms with E-state index < -0.39 is 67.2 Å². The molecule has 1 aliphatic rings. The minimum absolute atomic E-state index is 0.166. The van der Waals surface area contributed by atoms with Gasteiger partial charge >= 0.3 is 5.97 Å². The van der Waals surface area contributed by atoms with Crippen LogP contribution in [0.15, 0.2) is 0 Å². The second-order valence-corrected chi connectivity index (χ2v) is 6.29. The van der Waals surface area contributed by atoms with E-state index in [2.05, 4.69) is 10.6 Å². The number of hydrogen-bond donors (Lipinski definition) is 7. The van der Waals surface area contributed by atoms with Crippen LogP contribution in [-0.2, 0) is 19.2 Å². The number of carbonyl (C=O) groups excluding carboxylic acids is 3. The lowest BCUT2D eigenvalue weighted by molar-refractivity contribution is -0.146. The average molecular weight is 390 g/mol. The molecular formula is C15H26N4O8. The van der Waals surface area contributed by atoms with Crippen molar-refractivity contribution in [3.8, 4) is 0 Å². The van der Waals surface area contributed by atoms with Crippen molar-refractivity contribution in [1.82, 2.24) is 15.5 Å². The number of hydrogen-bond acceptors (Lipinski definition) is 8. The van der Waals surface area contributed by atoms with Crippen LogP contribution in [0.2, 0.25) is 0 Å². The van der Waals surface area contributed by atoms with Crippen LogP contribution in [-0.4, -0.2) is 99.0 Å². The topological polar surface area (TPSA) is 203 Å². The highest BCUT2D eigenvalue weighted by atomic mass is 16.4. The lowest BCUT2D eigenvalue weighted by Gasteiger charge is -2.30. The van der Waals surface area contributed by atoms with Gasteiger partial charge in [0.25, 0.3) is 0 Å². The van der Waals surface area contributed by atoms with Gasteiger partial charge in [-0.2, -0.15) is 0 Å². The van der Waals surface area contributed by atoms with Gasteiger partial charge in [0, 0.05) is 6.54 Å². The molecule has 0 aromatic heterocycles. The van der Waals surface area contributed by atoms with Gasteiger partial charge in [0.1, 0.15) is 24.2 Å². The number of carboxylic acid groups (broad SMARTS) is 1. The van der Waals surface area contributed by atoms with Gasteiger partial charge in [0.2, 0.25) is 17.7 Å². The number of nitrogens with zero attached hydrogens (tertiary/aromatic N) is 1. The molecule has 0 bridgehead atoms. The molecule has 5 atom stereocenters. The summed E-state index contributed by atoms with van der Waals surface area (Å²) in [6, 6.07) is -5.19. The Balaban J connectivity index is 2.89. The monoisotopic (exact) mass is 390 g/mol. The standard InChI is InChI=1S/C15H26N4O8/c1-7(22)11(18-12(23)8(16)5-20)14(25)19-4-2-3-10(19)13(24)17-9(6-21)15(26)27/h7-11,20-22H,2-6,16H2,1H3,(H,17,24)(H,18,23)(H,26,27). The summed E-state index contributed by atoms with van der Waals surface area (Å²) in [5, 5.41) is 41.1. The minimum atomic E-state index is -1.51. The van der Waals surface area contributed by atoms with E-state index in [9.17, 15) is 24.3 Å². The third-order valence-electron chi connectivity index (χ3n) is 4.22. The molecule has 1 aliphatic heterocycles. The number of nitrogens with two attached hydrogens (primary N) is 1. The fraction of sp³-hybridized carbons (Fsp3) is 0.733. The Morgan fingerprint density at radius 3 is 2.30 bits per heavy atom. The molecule has 27 heavy (non-hydrogen) atoms. The first-order valence-corrected chi connectivity index (χ1v) is 8.43. The average Bonchev–Trinajstić information content (AvgIpc) is 3.11. The van der Waals surface area contributed by atoms with Crippen LogP contribution >= 0.6 is 0 Å². The van der Waals surface area contributed by atoms with Gasteiger partial charge in [-0.25, -0.2) is 4.79 Å². The van der Waals surface area contributed by atoms with E-state index in [-0.39, 0.29) is 13.0 Å². The highest BCUT2D eigenvalue weighted by molar-refractivity contribution is 5.94. The van der Waals surface area contributed by atoms with Crippen molar-refractivity contribution < 1.29 is 39.6 Å². The van der Waals surface area contributed by atoms with E-state index in [0.29, 0.717) is 6.42 Å². The van der Waals surface area contributed by atoms with E-state index in [1.165, 1.54) is 6.92 Å². The van der Waals surface area contributed by atoms with Gasteiger partial charge in [-0.3, -0.25) is 14.4 Å². The Hall–Kier alpha value is -2.28. The number of nitrogens with one attached hydrogen (secondary N) is 2.